The smallest absolute Gasteiger partial charge is 0.693 e. The summed E-state index contributed by atoms with van der Waals surface area (Å²) >= 11 is -0.472. The molecule has 11 heteroatoms. The Morgan fingerprint density at radius 3 is 1.33 bits per heavy atom. The summed E-state index contributed by atoms with van der Waals surface area (Å²) in [6.07, 6.45) is 17.3. The van der Waals surface area contributed by atoms with E-state index in [0.717, 1.165) is 97.6 Å². The first kappa shape index (κ1) is 52.7. The number of aliphatic hydroxyl groups excluding tert-OH is 2. The molecule has 4 atom stereocenters. The average molecular weight is 987 g/mol. The summed E-state index contributed by atoms with van der Waals surface area (Å²) < 4.78 is 11.0. The number of benzene rings is 2. The van der Waals surface area contributed by atoms with Crippen LogP contribution in [0.3, 0.4) is 0 Å². The molecule has 0 radical (unpaired) electrons. The molecule has 0 aliphatic heterocycles. The maximum atomic E-state index is 10.8. The summed E-state index contributed by atoms with van der Waals surface area (Å²) in [5.41, 5.74) is 8.56. The molecule has 0 spiro atoms. The van der Waals surface area contributed by atoms with Gasteiger partial charge in [0.25, 0.3) is 0 Å². The van der Waals surface area contributed by atoms with Crippen LogP contribution in [0.4, 0.5) is 0 Å². The van der Waals surface area contributed by atoms with E-state index in [-0.39, 0.29) is 47.5 Å². The predicted molar refractivity (Wildman–Crippen MR) is 228 cm³/mol. The van der Waals surface area contributed by atoms with Crippen LogP contribution < -0.4 is 9.47 Å². The first-order valence-electron chi connectivity index (χ1n) is 19.0. The number of aliphatic hydroxyl groups is 2. The fraction of sp³-hybridized carbons (Fsp3) is 0.545. The maximum absolute atomic E-state index is 10.8. The molecule has 8 nitrogen and oxygen atoms in total. The minimum Gasteiger partial charge on any atom is -0.693 e. The zero-order chi connectivity index (χ0) is 39.5. The van der Waals surface area contributed by atoms with E-state index in [0.29, 0.717) is 11.5 Å². The Kier molecular flexibility index (Phi) is 27.0. The second-order valence-corrected chi connectivity index (χ2v) is 17.9. The van der Waals surface area contributed by atoms with E-state index in [1.54, 1.807) is 0 Å². The number of rotatable bonds is 16. The number of phenolic OH excluding ortho intramolecular Hbond substituents is 2. The number of aromatic hydroxyl groups is 2. The summed E-state index contributed by atoms with van der Waals surface area (Å²) in [4.78, 5) is 0. The van der Waals surface area contributed by atoms with Crippen LogP contribution in [0, 0.1) is 11.8 Å². The van der Waals surface area contributed by atoms with Crippen molar-refractivity contribution in [2.24, 2.45) is 11.8 Å². The van der Waals surface area contributed by atoms with Gasteiger partial charge in [-0.2, -0.15) is 0 Å². The first-order valence-corrected chi connectivity index (χ1v) is 24.7. The zero-order valence-electron chi connectivity index (χ0n) is 33.9. The second kappa shape index (κ2) is 28.2. The zero-order valence-corrected chi connectivity index (χ0v) is 37.7. The molecule has 0 aromatic heterocycles. The maximum Gasteiger partial charge on any atom is -0.693 e. The predicted octanol–water partition coefficient (Wildman–Crippen LogP) is 13.7. The van der Waals surface area contributed by atoms with Gasteiger partial charge >= 0.3 is 35.3 Å². The first-order chi connectivity index (χ1) is 25.4. The van der Waals surface area contributed by atoms with Gasteiger partial charge in [-0.1, -0.05) is 87.1 Å². The summed E-state index contributed by atoms with van der Waals surface area (Å²) in [6, 6.07) is 7.69. The van der Waals surface area contributed by atoms with E-state index in [1.807, 2.05) is 24.3 Å². The van der Waals surface area contributed by atoms with Crippen LogP contribution in [0.25, 0.3) is 12.3 Å². The molecule has 0 fully saturated rings. The molecule has 4 rings (SSSR count). The minimum atomic E-state index is -0.472. The number of hydrogen-bond donors (Lipinski definition) is 4. The van der Waals surface area contributed by atoms with Crippen LogP contribution >= 0.6 is 18.8 Å². The summed E-state index contributed by atoms with van der Waals surface area (Å²) in [6.45, 7) is 20.2. The van der Waals surface area contributed by atoms with Gasteiger partial charge in [0.2, 0.25) is 0 Å². The summed E-state index contributed by atoms with van der Waals surface area (Å²) in [5.74, 6) is 2.35. The molecule has 0 saturated carbocycles. The molecule has 2 aromatic carbocycles. The largest absolute Gasteiger partial charge is 0.693 e. The van der Waals surface area contributed by atoms with Crippen molar-refractivity contribution < 1.29 is 46.4 Å². The van der Waals surface area contributed by atoms with Crippen LogP contribution in [0.15, 0.2) is 71.9 Å². The topological polar surface area (TPSA) is 166 Å². The van der Waals surface area contributed by atoms with Crippen LogP contribution in [0.5, 0.6) is 23.0 Å². The second-order valence-electron chi connectivity index (χ2n) is 14.6. The molecule has 2 aromatic rings. The molecule has 0 saturated heterocycles. The van der Waals surface area contributed by atoms with Crippen molar-refractivity contribution in [2.45, 2.75) is 130 Å². The van der Waals surface area contributed by atoms with Crippen LogP contribution in [-0.2, 0) is 29.3 Å². The fourth-order valence-corrected chi connectivity index (χ4v) is 7.64. The van der Waals surface area contributed by atoms with Crippen molar-refractivity contribution >= 4 is 18.8 Å². The number of ether oxygens (including phenoxy) is 2. The van der Waals surface area contributed by atoms with E-state index in [9.17, 15) is 20.4 Å². The number of halogens is 2. The summed E-state index contributed by atoms with van der Waals surface area (Å²) in [7, 11) is 9.75. The van der Waals surface area contributed by atoms with Gasteiger partial charge in [-0.15, -0.1) is 0 Å². The van der Waals surface area contributed by atoms with Crippen molar-refractivity contribution in [1.29, 1.82) is 0 Å². The Morgan fingerprint density at radius 1 is 0.691 bits per heavy atom. The molecule has 0 unspecified atom stereocenters. The Bertz CT molecular complexity index is 1420. The molecular formula is C44H68Cl2N2O6Pt. The average Bonchev–Trinajstić information content (AvgIpc) is 3.09. The standard InChI is InChI=1S/2C22H32O3.2ClH.2H2N.Pt/c2*1-5-6-7-8-17-12-20(24)22(21(13-17)25-14-23)19-11-16(4)9-10-18(19)15(2)3;;;;;/h2*11-13,18-19,23-24H,2,5-10,14H2,1,3-4H3;2*1H;2*1H2;/q;;;;2*-1;+4/p-2/t2*18-,19+;;;;;/m11...../s1. The summed E-state index contributed by atoms with van der Waals surface area (Å²) in [5, 5.41) is 40.2. The van der Waals surface area contributed by atoms with Gasteiger partial charge in [-0.25, -0.2) is 0 Å². The van der Waals surface area contributed by atoms with Gasteiger partial charge in [-0.05, 0) is 126 Å². The third-order valence-electron chi connectivity index (χ3n) is 10.4. The molecule has 8 N–H and O–H groups in total. The van der Waals surface area contributed by atoms with Gasteiger partial charge in [0, 0.05) is 23.0 Å². The third-order valence-corrected chi connectivity index (χ3v) is 10.4. The number of hydrogen-bond acceptors (Lipinski definition) is 6. The SMILES string of the molecule is C=C(C)[C@H]1CCC(C)=C[C@@H]1c1c(O)cc(CCCCC)cc1OCO.C=C(C)[C@H]1CCC(C)=C[C@@H]1c1c(O)cc(CCCCC)cc1OCO.[Cl][Pt+2][Cl].[NH2-].[NH2-]. The van der Waals surface area contributed by atoms with E-state index >= 15 is 0 Å². The molecule has 0 amide bonds. The Balaban J connectivity index is 0.000000957. The number of allylic oxidation sites excluding steroid dienone is 6. The molecular weight excluding hydrogens is 918 g/mol. The van der Waals surface area contributed by atoms with Gasteiger partial charge in [0.1, 0.15) is 23.0 Å². The number of nitrogens with two attached hydrogens (primary N) is 2. The molecule has 314 valence electrons. The van der Waals surface area contributed by atoms with Crippen molar-refractivity contribution in [1.82, 2.24) is 0 Å². The Hall–Kier alpha value is -2.29. The van der Waals surface area contributed by atoms with Gasteiger partial charge in [0.15, 0.2) is 13.6 Å². The van der Waals surface area contributed by atoms with Gasteiger partial charge in [0.05, 0.1) is 0 Å². The van der Waals surface area contributed by atoms with Crippen molar-refractivity contribution in [3.63, 3.8) is 0 Å². The molecule has 55 heavy (non-hydrogen) atoms. The fourth-order valence-electron chi connectivity index (χ4n) is 7.64. The van der Waals surface area contributed by atoms with E-state index in [2.05, 4.69) is 66.9 Å². The quantitative estimate of drug-likeness (QED) is 0.0742. The van der Waals surface area contributed by atoms with Gasteiger partial charge < -0.3 is 42.2 Å². The van der Waals surface area contributed by atoms with Crippen LogP contribution in [0.2, 0.25) is 0 Å². The van der Waals surface area contributed by atoms with Crippen molar-refractivity contribution in [2.75, 3.05) is 13.6 Å². The monoisotopic (exact) mass is 985 g/mol. The van der Waals surface area contributed by atoms with Crippen molar-refractivity contribution in [3.8, 4) is 23.0 Å². The Labute approximate surface area is 348 Å². The molecule has 0 bridgehead atoms. The number of phenols is 2. The normalized spacial score (nSPS) is 18.8. The van der Waals surface area contributed by atoms with E-state index < -0.39 is 30.1 Å². The van der Waals surface area contributed by atoms with E-state index in [4.69, 9.17) is 28.3 Å². The van der Waals surface area contributed by atoms with Gasteiger partial charge in [-0.3, -0.25) is 0 Å². The van der Waals surface area contributed by atoms with E-state index in [1.165, 1.54) is 24.0 Å². The van der Waals surface area contributed by atoms with Crippen LogP contribution in [-0.4, -0.2) is 34.0 Å². The Morgan fingerprint density at radius 2 is 1.04 bits per heavy atom. The molecule has 2 aliphatic carbocycles. The van der Waals surface area contributed by atoms with Crippen molar-refractivity contribution in [3.05, 3.63) is 106 Å². The third kappa shape index (κ3) is 16.6. The molecule has 0 heterocycles. The molecule has 2 aliphatic rings. The van der Waals surface area contributed by atoms with Crippen LogP contribution in [0.1, 0.15) is 140 Å². The number of aryl methyl sites for hydroxylation is 2. The number of unbranched alkanes of at least 4 members (excludes halogenated alkanes) is 4. The minimum absolute atomic E-state index is 0.